The van der Waals surface area contributed by atoms with Gasteiger partial charge in [0.2, 0.25) is 5.91 Å². The van der Waals surface area contributed by atoms with Crippen molar-refractivity contribution in [2.75, 3.05) is 11.9 Å². The standard InChI is InChI=1S/C15H19N5O2/c1-3-13(15(21)18-14-6-10(2)22-19-14)20-5-4-11-7-16-9-17-12(11)8-20/h6-7,9,13H,3-5,8H2,1-2H3,(H,18,19,21). The number of carbonyl (C=O) groups excluding carboxylic acids is 1. The van der Waals surface area contributed by atoms with Crippen LogP contribution in [0.4, 0.5) is 5.82 Å². The highest BCUT2D eigenvalue weighted by atomic mass is 16.5. The molecule has 3 rings (SSSR count). The largest absolute Gasteiger partial charge is 0.360 e. The Morgan fingerprint density at radius 3 is 3.14 bits per heavy atom. The molecule has 7 heteroatoms. The van der Waals surface area contributed by atoms with Crippen molar-refractivity contribution in [3.05, 3.63) is 35.6 Å². The second kappa shape index (κ2) is 6.23. The van der Waals surface area contributed by atoms with Gasteiger partial charge in [-0.1, -0.05) is 12.1 Å². The van der Waals surface area contributed by atoms with Gasteiger partial charge in [0.25, 0.3) is 0 Å². The van der Waals surface area contributed by atoms with Gasteiger partial charge in [-0.15, -0.1) is 0 Å². The lowest BCUT2D eigenvalue weighted by atomic mass is 10.0. The van der Waals surface area contributed by atoms with Gasteiger partial charge in [-0.2, -0.15) is 0 Å². The number of aryl methyl sites for hydroxylation is 1. The Kier molecular flexibility index (Phi) is 4.15. The molecule has 0 spiro atoms. The lowest BCUT2D eigenvalue weighted by Crippen LogP contribution is -2.46. The number of fused-ring (bicyclic) bond motifs is 1. The van der Waals surface area contributed by atoms with Crippen LogP contribution >= 0.6 is 0 Å². The second-order valence-electron chi connectivity index (χ2n) is 5.45. The summed E-state index contributed by atoms with van der Waals surface area (Å²) >= 11 is 0. The minimum absolute atomic E-state index is 0.0618. The van der Waals surface area contributed by atoms with Gasteiger partial charge in [0.05, 0.1) is 11.7 Å². The number of amides is 1. The van der Waals surface area contributed by atoms with Crippen molar-refractivity contribution in [3.8, 4) is 0 Å². The molecule has 7 nitrogen and oxygen atoms in total. The maximum absolute atomic E-state index is 12.5. The molecule has 1 atom stereocenters. The topological polar surface area (TPSA) is 84.2 Å². The van der Waals surface area contributed by atoms with Gasteiger partial charge in [0.1, 0.15) is 12.1 Å². The molecule has 1 unspecified atom stereocenters. The number of rotatable bonds is 4. The van der Waals surface area contributed by atoms with Crippen molar-refractivity contribution < 1.29 is 9.32 Å². The molecule has 0 radical (unpaired) electrons. The molecule has 116 valence electrons. The summed E-state index contributed by atoms with van der Waals surface area (Å²) < 4.78 is 4.98. The number of hydrogen-bond donors (Lipinski definition) is 1. The van der Waals surface area contributed by atoms with Crippen LogP contribution in [0.25, 0.3) is 0 Å². The molecule has 1 aliphatic heterocycles. The Labute approximate surface area is 128 Å². The third-order valence-corrected chi connectivity index (χ3v) is 3.91. The van der Waals surface area contributed by atoms with Crippen LogP contribution in [0.2, 0.25) is 0 Å². The Morgan fingerprint density at radius 1 is 1.55 bits per heavy atom. The summed E-state index contributed by atoms with van der Waals surface area (Å²) in [5.41, 5.74) is 2.17. The molecule has 2 aromatic rings. The van der Waals surface area contributed by atoms with Crippen molar-refractivity contribution >= 4 is 11.7 Å². The smallest absolute Gasteiger partial charge is 0.242 e. The zero-order valence-electron chi connectivity index (χ0n) is 12.7. The fourth-order valence-electron chi connectivity index (χ4n) is 2.78. The first kappa shape index (κ1) is 14.6. The highest BCUT2D eigenvalue weighted by Gasteiger charge is 2.28. The normalized spacial score (nSPS) is 16.1. The molecule has 0 aromatic carbocycles. The zero-order valence-corrected chi connectivity index (χ0v) is 12.7. The molecule has 22 heavy (non-hydrogen) atoms. The van der Waals surface area contributed by atoms with Gasteiger partial charge in [0, 0.05) is 25.4 Å². The molecule has 0 fully saturated rings. The van der Waals surface area contributed by atoms with Gasteiger partial charge in [-0.3, -0.25) is 9.69 Å². The van der Waals surface area contributed by atoms with Crippen LogP contribution in [-0.4, -0.2) is 38.5 Å². The quantitative estimate of drug-likeness (QED) is 0.922. The lowest BCUT2D eigenvalue weighted by molar-refractivity contribution is -0.121. The van der Waals surface area contributed by atoms with E-state index in [1.54, 1.807) is 19.3 Å². The molecule has 0 saturated carbocycles. The molecule has 0 aliphatic carbocycles. The van der Waals surface area contributed by atoms with Crippen molar-refractivity contribution in [1.29, 1.82) is 0 Å². The van der Waals surface area contributed by atoms with Gasteiger partial charge in [-0.25, -0.2) is 9.97 Å². The second-order valence-corrected chi connectivity index (χ2v) is 5.45. The summed E-state index contributed by atoms with van der Waals surface area (Å²) in [7, 11) is 0. The summed E-state index contributed by atoms with van der Waals surface area (Å²) in [6.07, 6.45) is 5.01. The number of nitrogens with one attached hydrogen (secondary N) is 1. The molecule has 0 saturated heterocycles. The van der Waals surface area contributed by atoms with E-state index in [-0.39, 0.29) is 11.9 Å². The first-order chi connectivity index (χ1) is 10.7. The maximum atomic E-state index is 12.5. The average molecular weight is 301 g/mol. The van der Waals surface area contributed by atoms with E-state index in [0.717, 1.165) is 25.1 Å². The van der Waals surface area contributed by atoms with Gasteiger partial charge in [0.15, 0.2) is 5.82 Å². The van der Waals surface area contributed by atoms with Crippen LogP contribution < -0.4 is 5.32 Å². The van der Waals surface area contributed by atoms with Crippen LogP contribution in [0.3, 0.4) is 0 Å². The van der Waals surface area contributed by atoms with Gasteiger partial charge < -0.3 is 9.84 Å². The fraction of sp³-hybridized carbons (Fsp3) is 0.467. The Hall–Kier alpha value is -2.28. The van der Waals surface area contributed by atoms with Crippen LogP contribution in [0.15, 0.2) is 23.1 Å². The van der Waals surface area contributed by atoms with Gasteiger partial charge in [-0.05, 0) is 25.3 Å². The van der Waals surface area contributed by atoms with Crippen molar-refractivity contribution in [1.82, 2.24) is 20.0 Å². The Bertz CT molecular complexity index is 669. The number of carbonyl (C=O) groups is 1. The first-order valence-electron chi connectivity index (χ1n) is 7.43. The number of aromatic nitrogens is 3. The van der Waals surface area contributed by atoms with Crippen molar-refractivity contribution in [2.45, 2.75) is 39.3 Å². The lowest BCUT2D eigenvalue weighted by Gasteiger charge is -2.33. The molecule has 3 heterocycles. The summed E-state index contributed by atoms with van der Waals surface area (Å²) in [5, 5.41) is 6.62. The molecule has 2 aromatic heterocycles. The summed E-state index contributed by atoms with van der Waals surface area (Å²) in [6.45, 7) is 5.29. The predicted molar refractivity (Wildman–Crippen MR) is 80.1 cm³/mol. The van der Waals surface area contributed by atoms with Crippen LogP contribution in [-0.2, 0) is 17.8 Å². The summed E-state index contributed by atoms with van der Waals surface area (Å²) in [4.78, 5) is 23.0. The van der Waals surface area contributed by atoms with Crippen molar-refractivity contribution in [2.24, 2.45) is 0 Å². The van der Waals surface area contributed by atoms with E-state index in [1.165, 1.54) is 5.56 Å². The van der Waals surface area contributed by atoms with Gasteiger partial charge >= 0.3 is 0 Å². The Morgan fingerprint density at radius 2 is 2.41 bits per heavy atom. The SMILES string of the molecule is CCC(C(=O)Nc1cc(C)on1)N1CCc2cncnc2C1. The fourth-order valence-corrected chi connectivity index (χ4v) is 2.78. The maximum Gasteiger partial charge on any atom is 0.242 e. The molecular weight excluding hydrogens is 282 g/mol. The van der Waals surface area contributed by atoms with E-state index < -0.39 is 0 Å². The summed E-state index contributed by atoms with van der Waals surface area (Å²) in [6, 6.07) is 1.50. The van der Waals surface area contributed by atoms with Crippen LogP contribution in [0, 0.1) is 6.92 Å². The van der Waals surface area contributed by atoms with E-state index in [1.807, 2.05) is 13.1 Å². The highest BCUT2D eigenvalue weighted by molar-refractivity contribution is 5.94. The van der Waals surface area contributed by atoms with E-state index in [4.69, 9.17) is 4.52 Å². The molecular formula is C15H19N5O2. The predicted octanol–water partition coefficient (Wildman–Crippen LogP) is 1.55. The monoisotopic (exact) mass is 301 g/mol. The summed E-state index contributed by atoms with van der Waals surface area (Å²) in [5.74, 6) is 1.07. The van der Waals surface area contributed by atoms with E-state index >= 15 is 0 Å². The van der Waals surface area contributed by atoms with Crippen LogP contribution in [0.5, 0.6) is 0 Å². The van der Waals surface area contributed by atoms with E-state index in [2.05, 4.69) is 25.3 Å². The first-order valence-corrected chi connectivity index (χ1v) is 7.43. The van der Waals surface area contributed by atoms with Crippen molar-refractivity contribution in [3.63, 3.8) is 0 Å². The third-order valence-electron chi connectivity index (χ3n) is 3.91. The molecule has 0 bridgehead atoms. The molecule has 1 N–H and O–H groups in total. The molecule has 1 amide bonds. The minimum Gasteiger partial charge on any atom is -0.360 e. The Balaban J connectivity index is 1.70. The minimum atomic E-state index is -0.208. The van der Waals surface area contributed by atoms with Crippen LogP contribution in [0.1, 0.15) is 30.4 Å². The van der Waals surface area contributed by atoms with E-state index in [9.17, 15) is 4.79 Å². The highest BCUT2D eigenvalue weighted by Crippen LogP contribution is 2.20. The number of hydrogen-bond acceptors (Lipinski definition) is 6. The third kappa shape index (κ3) is 2.99. The number of nitrogens with zero attached hydrogens (tertiary/aromatic N) is 4. The zero-order chi connectivity index (χ0) is 15.5. The molecule has 1 aliphatic rings. The van der Waals surface area contributed by atoms with E-state index in [0.29, 0.717) is 18.1 Å². The number of anilines is 1. The average Bonchev–Trinajstić information content (AvgIpc) is 2.93.